The van der Waals surface area contributed by atoms with E-state index in [9.17, 15) is 0 Å². The standard InChI is InChI=1S/C13H19N5/c1-9-3-6-15-12-11(9)16-13(14)18(12)10-4-7-17(2)8-5-10/h3,6,10H,4-5,7-8H2,1-2H3,(H2,14,16). The van der Waals surface area contributed by atoms with Gasteiger partial charge in [0.1, 0.15) is 5.52 Å². The lowest BCUT2D eigenvalue weighted by Crippen LogP contribution is -2.31. The van der Waals surface area contributed by atoms with Crippen molar-refractivity contribution in [1.82, 2.24) is 19.4 Å². The smallest absolute Gasteiger partial charge is 0.202 e. The van der Waals surface area contributed by atoms with Gasteiger partial charge in [0, 0.05) is 12.2 Å². The molecule has 0 spiro atoms. The Bertz CT molecular complexity index is 566. The molecule has 0 unspecified atom stereocenters. The molecule has 0 aromatic carbocycles. The Kier molecular flexibility index (Phi) is 2.70. The van der Waals surface area contributed by atoms with Crippen LogP contribution in [0.2, 0.25) is 0 Å². The maximum Gasteiger partial charge on any atom is 0.202 e. The largest absolute Gasteiger partial charge is 0.369 e. The molecule has 18 heavy (non-hydrogen) atoms. The number of piperidine rings is 1. The monoisotopic (exact) mass is 245 g/mol. The number of fused-ring (bicyclic) bond motifs is 1. The maximum atomic E-state index is 6.09. The molecule has 1 saturated heterocycles. The Morgan fingerprint density at radius 2 is 2.06 bits per heavy atom. The summed E-state index contributed by atoms with van der Waals surface area (Å²) in [4.78, 5) is 11.3. The van der Waals surface area contributed by atoms with Crippen LogP contribution in [0.1, 0.15) is 24.4 Å². The van der Waals surface area contributed by atoms with Crippen molar-refractivity contribution in [3.8, 4) is 0 Å². The highest BCUT2D eigenvalue weighted by atomic mass is 15.2. The van der Waals surface area contributed by atoms with E-state index in [1.807, 2.05) is 12.3 Å². The predicted molar refractivity (Wildman–Crippen MR) is 72.4 cm³/mol. The molecule has 2 N–H and O–H groups in total. The lowest BCUT2D eigenvalue weighted by Gasteiger charge is -2.30. The van der Waals surface area contributed by atoms with Crippen molar-refractivity contribution in [2.75, 3.05) is 25.9 Å². The van der Waals surface area contributed by atoms with Crippen LogP contribution >= 0.6 is 0 Å². The number of likely N-dealkylation sites (tertiary alicyclic amines) is 1. The lowest BCUT2D eigenvalue weighted by atomic mass is 10.1. The summed E-state index contributed by atoms with van der Waals surface area (Å²) in [7, 11) is 2.16. The molecule has 2 aromatic rings. The van der Waals surface area contributed by atoms with Crippen LogP contribution in [-0.4, -0.2) is 39.6 Å². The molecule has 3 heterocycles. The number of rotatable bonds is 1. The summed E-state index contributed by atoms with van der Waals surface area (Å²) in [6.07, 6.45) is 4.06. The fourth-order valence-corrected chi connectivity index (χ4v) is 2.74. The van der Waals surface area contributed by atoms with Gasteiger partial charge >= 0.3 is 0 Å². The van der Waals surface area contributed by atoms with Crippen molar-refractivity contribution >= 4 is 17.1 Å². The van der Waals surface area contributed by atoms with Gasteiger partial charge in [-0.05, 0) is 51.5 Å². The molecule has 96 valence electrons. The van der Waals surface area contributed by atoms with E-state index in [4.69, 9.17) is 5.73 Å². The van der Waals surface area contributed by atoms with Crippen molar-refractivity contribution in [3.05, 3.63) is 17.8 Å². The molecule has 0 saturated carbocycles. The second-order valence-electron chi connectivity index (χ2n) is 5.17. The average Bonchev–Trinajstić information content (AvgIpc) is 2.69. The minimum Gasteiger partial charge on any atom is -0.369 e. The fraction of sp³-hybridized carbons (Fsp3) is 0.538. The Morgan fingerprint density at radius 1 is 1.33 bits per heavy atom. The number of aromatic nitrogens is 3. The number of imidazole rings is 1. The fourth-order valence-electron chi connectivity index (χ4n) is 2.74. The van der Waals surface area contributed by atoms with Crippen LogP contribution in [0.3, 0.4) is 0 Å². The number of anilines is 1. The molecule has 3 rings (SSSR count). The highest BCUT2D eigenvalue weighted by molar-refractivity contribution is 5.77. The lowest BCUT2D eigenvalue weighted by molar-refractivity contribution is 0.224. The van der Waals surface area contributed by atoms with Crippen molar-refractivity contribution in [2.45, 2.75) is 25.8 Å². The summed E-state index contributed by atoms with van der Waals surface area (Å²) in [6.45, 7) is 4.26. The Hall–Kier alpha value is -1.62. The van der Waals surface area contributed by atoms with Gasteiger partial charge in [-0.25, -0.2) is 9.97 Å². The van der Waals surface area contributed by atoms with E-state index in [0.29, 0.717) is 12.0 Å². The van der Waals surface area contributed by atoms with E-state index < -0.39 is 0 Å². The van der Waals surface area contributed by atoms with Crippen LogP contribution in [-0.2, 0) is 0 Å². The van der Waals surface area contributed by atoms with Crippen molar-refractivity contribution < 1.29 is 0 Å². The van der Waals surface area contributed by atoms with Crippen molar-refractivity contribution in [1.29, 1.82) is 0 Å². The molecule has 0 radical (unpaired) electrons. The molecule has 1 fully saturated rings. The minimum atomic E-state index is 0.431. The number of hydrogen-bond donors (Lipinski definition) is 1. The zero-order chi connectivity index (χ0) is 12.7. The first-order valence-electron chi connectivity index (χ1n) is 6.44. The van der Waals surface area contributed by atoms with Crippen LogP contribution in [0.5, 0.6) is 0 Å². The summed E-state index contributed by atoms with van der Waals surface area (Å²) in [5.74, 6) is 0.598. The highest BCUT2D eigenvalue weighted by Crippen LogP contribution is 2.29. The van der Waals surface area contributed by atoms with Crippen LogP contribution in [0.4, 0.5) is 5.95 Å². The van der Waals surface area contributed by atoms with Gasteiger partial charge < -0.3 is 10.6 Å². The summed E-state index contributed by atoms with van der Waals surface area (Å²) < 4.78 is 2.12. The van der Waals surface area contributed by atoms with E-state index in [-0.39, 0.29) is 0 Å². The average molecular weight is 245 g/mol. The molecule has 0 atom stereocenters. The molecule has 0 bridgehead atoms. The predicted octanol–water partition coefficient (Wildman–Crippen LogP) is 1.59. The number of hydrogen-bond acceptors (Lipinski definition) is 4. The van der Waals surface area contributed by atoms with Crippen molar-refractivity contribution in [3.63, 3.8) is 0 Å². The van der Waals surface area contributed by atoms with Gasteiger partial charge in [0.15, 0.2) is 5.65 Å². The van der Waals surface area contributed by atoms with Gasteiger partial charge in [-0.3, -0.25) is 4.57 Å². The third-order valence-corrected chi connectivity index (χ3v) is 3.86. The second kappa shape index (κ2) is 4.24. The molecular weight excluding hydrogens is 226 g/mol. The first kappa shape index (κ1) is 11.5. The van der Waals surface area contributed by atoms with Gasteiger partial charge in [0.25, 0.3) is 0 Å². The van der Waals surface area contributed by atoms with Gasteiger partial charge in [0.05, 0.1) is 0 Å². The first-order chi connectivity index (χ1) is 8.66. The Balaban J connectivity index is 2.06. The molecule has 0 amide bonds. The van der Waals surface area contributed by atoms with Crippen LogP contribution in [0.25, 0.3) is 11.2 Å². The summed E-state index contributed by atoms with van der Waals surface area (Å²) in [6, 6.07) is 2.41. The number of nitrogens with zero attached hydrogens (tertiary/aromatic N) is 4. The second-order valence-corrected chi connectivity index (χ2v) is 5.17. The molecular formula is C13H19N5. The summed E-state index contributed by atoms with van der Waals surface area (Å²) >= 11 is 0. The summed E-state index contributed by atoms with van der Waals surface area (Å²) in [5, 5.41) is 0. The van der Waals surface area contributed by atoms with Gasteiger partial charge in [-0.15, -0.1) is 0 Å². The molecule has 5 heteroatoms. The molecule has 1 aliphatic heterocycles. The topological polar surface area (TPSA) is 60.0 Å². The van der Waals surface area contributed by atoms with Gasteiger partial charge in [-0.1, -0.05) is 0 Å². The number of pyridine rings is 1. The number of nitrogen functional groups attached to an aromatic ring is 1. The number of nitrogens with two attached hydrogens (primary N) is 1. The van der Waals surface area contributed by atoms with E-state index >= 15 is 0 Å². The van der Waals surface area contributed by atoms with E-state index in [1.165, 1.54) is 0 Å². The zero-order valence-corrected chi connectivity index (χ0v) is 10.9. The summed E-state index contributed by atoms with van der Waals surface area (Å²) in [5.41, 5.74) is 9.09. The van der Waals surface area contributed by atoms with Crippen LogP contribution < -0.4 is 5.73 Å². The highest BCUT2D eigenvalue weighted by Gasteiger charge is 2.23. The van der Waals surface area contributed by atoms with E-state index in [2.05, 4.69) is 33.4 Å². The SMILES string of the molecule is Cc1ccnc2c1nc(N)n2C1CCN(C)CC1. The van der Waals surface area contributed by atoms with E-state index in [1.54, 1.807) is 0 Å². The molecule has 5 nitrogen and oxygen atoms in total. The minimum absolute atomic E-state index is 0.431. The number of aryl methyl sites for hydroxylation is 1. The third kappa shape index (κ3) is 1.75. The van der Waals surface area contributed by atoms with Gasteiger partial charge in [-0.2, -0.15) is 0 Å². The third-order valence-electron chi connectivity index (χ3n) is 3.86. The van der Waals surface area contributed by atoms with Crippen LogP contribution in [0, 0.1) is 6.92 Å². The van der Waals surface area contributed by atoms with Crippen LogP contribution in [0.15, 0.2) is 12.3 Å². The first-order valence-corrected chi connectivity index (χ1v) is 6.44. The van der Waals surface area contributed by atoms with Crippen molar-refractivity contribution in [2.24, 2.45) is 0 Å². The molecule has 1 aliphatic rings. The Morgan fingerprint density at radius 3 is 2.78 bits per heavy atom. The van der Waals surface area contributed by atoms with E-state index in [0.717, 1.165) is 42.7 Å². The normalized spacial score (nSPS) is 18.6. The molecule has 0 aliphatic carbocycles. The molecule has 2 aromatic heterocycles. The van der Waals surface area contributed by atoms with Gasteiger partial charge in [0.2, 0.25) is 5.95 Å². The Labute approximate surface area is 107 Å². The maximum absolute atomic E-state index is 6.09. The quantitative estimate of drug-likeness (QED) is 0.829. The zero-order valence-electron chi connectivity index (χ0n) is 10.9.